The average molecular weight is 226 g/mol. The summed E-state index contributed by atoms with van der Waals surface area (Å²) >= 11 is 1.48. The van der Waals surface area contributed by atoms with Crippen LogP contribution in [0.3, 0.4) is 0 Å². The molecule has 0 saturated heterocycles. The van der Waals surface area contributed by atoms with E-state index in [0.717, 1.165) is 11.6 Å². The van der Waals surface area contributed by atoms with E-state index < -0.39 is 5.97 Å². The fourth-order valence-electron chi connectivity index (χ4n) is 1.47. The highest BCUT2D eigenvalue weighted by atomic mass is 32.1. The summed E-state index contributed by atoms with van der Waals surface area (Å²) in [6.45, 7) is 4.41. The van der Waals surface area contributed by atoms with E-state index in [2.05, 4.69) is 24.1 Å². The molecule has 1 unspecified atom stereocenters. The number of hydrogen-bond acceptors (Lipinski definition) is 4. The third kappa shape index (κ3) is 2.47. The van der Waals surface area contributed by atoms with Crippen molar-refractivity contribution >= 4 is 22.4 Å². The highest BCUT2D eigenvalue weighted by Gasteiger charge is 2.46. The van der Waals surface area contributed by atoms with Crippen LogP contribution in [0.15, 0.2) is 5.38 Å². The summed E-state index contributed by atoms with van der Waals surface area (Å²) in [4.78, 5) is 14.7. The van der Waals surface area contributed by atoms with E-state index in [-0.39, 0.29) is 6.42 Å². The molecule has 1 aliphatic rings. The molecule has 0 spiro atoms. The van der Waals surface area contributed by atoms with E-state index in [9.17, 15) is 4.79 Å². The minimum Gasteiger partial charge on any atom is -0.481 e. The smallest absolute Gasteiger partial charge is 0.309 e. The lowest BCUT2D eigenvalue weighted by molar-refractivity contribution is -0.136. The van der Waals surface area contributed by atoms with Crippen LogP contribution in [0.5, 0.6) is 0 Å². The quantitative estimate of drug-likeness (QED) is 0.824. The van der Waals surface area contributed by atoms with Gasteiger partial charge in [0.2, 0.25) is 0 Å². The number of thiazole rings is 1. The molecule has 1 aliphatic carbocycles. The summed E-state index contributed by atoms with van der Waals surface area (Å²) in [5, 5.41) is 14.5. The summed E-state index contributed by atoms with van der Waals surface area (Å²) in [5.41, 5.74) is 0.993. The SMILES string of the molecule is CC1(C)CC1Nc1nc(CC(=O)O)cs1. The number of aliphatic carboxylic acids is 1. The van der Waals surface area contributed by atoms with Gasteiger partial charge in [-0.15, -0.1) is 11.3 Å². The van der Waals surface area contributed by atoms with Gasteiger partial charge in [0.25, 0.3) is 0 Å². The van der Waals surface area contributed by atoms with Crippen LogP contribution >= 0.6 is 11.3 Å². The van der Waals surface area contributed by atoms with Gasteiger partial charge in [-0.2, -0.15) is 0 Å². The van der Waals surface area contributed by atoms with E-state index in [1.54, 1.807) is 5.38 Å². The summed E-state index contributed by atoms with van der Waals surface area (Å²) in [7, 11) is 0. The Balaban J connectivity index is 1.93. The van der Waals surface area contributed by atoms with E-state index in [1.807, 2.05) is 0 Å². The molecular weight excluding hydrogens is 212 g/mol. The van der Waals surface area contributed by atoms with Crippen molar-refractivity contribution in [2.24, 2.45) is 5.41 Å². The summed E-state index contributed by atoms with van der Waals surface area (Å²) < 4.78 is 0. The molecule has 82 valence electrons. The van der Waals surface area contributed by atoms with Gasteiger partial charge in [0.05, 0.1) is 12.1 Å². The molecule has 0 aliphatic heterocycles. The van der Waals surface area contributed by atoms with E-state index in [4.69, 9.17) is 5.11 Å². The third-order valence-corrected chi connectivity index (χ3v) is 3.52. The molecule has 1 atom stereocenters. The van der Waals surface area contributed by atoms with Gasteiger partial charge in [-0.1, -0.05) is 13.8 Å². The third-order valence-electron chi connectivity index (χ3n) is 2.70. The first kappa shape index (κ1) is 10.4. The van der Waals surface area contributed by atoms with Gasteiger partial charge in [0, 0.05) is 11.4 Å². The Labute approximate surface area is 92.3 Å². The van der Waals surface area contributed by atoms with Gasteiger partial charge in [0.1, 0.15) is 0 Å². The molecule has 0 bridgehead atoms. The first-order valence-electron chi connectivity index (χ1n) is 4.90. The molecule has 1 aromatic rings. The Bertz CT molecular complexity index is 387. The second-order valence-corrected chi connectivity index (χ2v) is 5.46. The van der Waals surface area contributed by atoms with Gasteiger partial charge in [-0.3, -0.25) is 4.79 Å². The minimum atomic E-state index is -0.835. The maximum Gasteiger partial charge on any atom is 0.309 e. The number of rotatable bonds is 4. The van der Waals surface area contributed by atoms with Crippen molar-refractivity contribution < 1.29 is 9.90 Å². The molecule has 2 N–H and O–H groups in total. The molecule has 0 aromatic carbocycles. The van der Waals surface area contributed by atoms with Crippen molar-refractivity contribution in [3.8, 4) is 0 Å². The number of carbonyl (C=O) groups is 1. The number of nitrogens with zero attached hydrogens (tertiary/aromatic N) is 1. The standard InChI is InChI=1S/C10H14N2O2S/c1-10(2)4-7(10)12-9-11-6(5-15-9)3-8(13)14/h5,7H,3-4H2,1-2H3,(H,11,12)(H,13,14). The number of nitrogens with one attached hydrogen (secondary N) is 1. The molecule has 1 aromatic heterocycles. The Morgan fingerprint density at radius 1 is 1.80 bits per heavy atom. The number of carboxylic acids is 1. The van der Waals surface area contributed by atoms with E-state index in [0.29, 0.717) is 17.2 Å². The predicted octanol–water partition coefficient (Wildman–Crippen LogP) is 1.98. The van der Waals surface area contributed by atoms with Gasteiger partial charge < -0.3 is 10.4 Å². The molecule has 15 heavy (non-hydrogen) atoms. The average Bonchev–Trinajstić information content (AvgIpc) is 2.54. The zero-order valence-electron chi connectivity index (χ0n) is 8.78. The maximum atomic E-state index is 10.5. The van der Waals surface area contributed by atoms with Gasteiger partial charge in [0.15, 0.2) is 5.13 Å². The minimum absolute atomic E-state index is 0.00619. The zero-order chi connectivity index (χ0) is 11.1. The Hall–Kier alpha value is -1.10. The molecule has 1 fully saturated rings. The molecule has 4 nitrogen and oxygen atoms in total. The fraction of sp³-hybridized carbons (Fsp3) is 0.600. The summed E-state index contributed by atoms with van der Waals surface area (Å²) in [6, 6.07) is 0.487. The number of carboxylic acid groups (broad SMARTS) is 1. The molecule has 0 amide bonds. The van der Waals surface area contributed by atoms with Crippen LogP contribution in [0.2, 0.25) is 0 Å². The zero-order valence-corrected chi connectivity index (χ0v) is 9.60. The van der Waals surface area contributed by atoms with Crippen molar-refractivity contribution in [1.29, 1.82) is 0 Å². The van der Waals surface area contributed by atoms with Crippen LogP contribution in [0.1, 0.15) is 26.0 Å². The van der Waals surface area contributed by atoms with Crippen LogP contribution < -0.4 is 5.32 Å². The lowest BCUT2D eigenvalue weighted by Crippen LogP contribution is -2.08. The first-order valence-corrected chi connectivity index (χ1v) is 5.78. The largest absolute Gasteiger partial charge is 0.481 e. The van der Waals surface area contributed by atoms with Crippen LogP contribution in [0.25, 0.3) is 0 Å². The van der Waals surface area contributed by atoms with Crippen molar-refractivity contribution in [1.82, 2.24) is 4.98 Å². The van der Waals surface area contributed by atoms with Crippen molar-refractivity contribution in [3.63, 3.8) is 0 Å². The predicted molar refractivity (Wildman–Crippen MR) is 59.3 cm³/mol. The molecule has 5 heteroatoms. The van der Waals surface area contributed by atoms with E-state index in [1.165, 1.54) is 11.3 Å². The second-order valence-electron chi connectivity index (χ2n) is 4.60. The molecule has 0 radical (unpaired) electrons. The number of aromatic nitrogens is 1. The van der Waals surface area contributed by atoms with Crippen LogP contribution in [0.4, 0.5) is 5.13 Å². The molecule has 1 heterocycles. The molecule has 1 saturated carbocycles. The highest BCUT2D eigenvalue weighted by Crippen LogP contribution is 2.46. The topological polar surface area (TPSA) is 62.2 Å². The number of hydrogen-bond donors (Lipinski definition) is 2. The fourth-order valence-corrected chi connectivity index (χ4v) is 2.24. The van der Waals surface area contributed by atoms with E-state index >= 15 is 0 Å². The van der Waals surface area contributed by atoms with Gasteiger partial charge >= 0.3 is 5.97 Å². The maximum absolute atomic E-state index is 10.5. The Kier molecular flexibility index (Phi) is 2.42. The Morgan fingerprint density at radius 3 is 3.00 bits per heavy atom. The van der Waals surface area contributed by atoms with Crippen LogP contribution in [-0.4, -0.2) is 22.1 Å². The van der Waals surface area contributed by atoms with Crippen molar-refractivity contribution in [2.45, 2.75) is 32.7 Å². The lowest BCUT2D eigenvalue weighted by atomic mass is 10.2. The van der Waals surface area contributed by atoms with Gasteiger partial charge in [-0.25, -0.2) is 4.98 Å². The van der Waals surface area contributed by atoms with Crippen LogP contribution in [0, 0.1) is 5.41 Å². The highest BCUT2D eigenvalue weighted by molar-refractivity contribution is 7.13. The van der Waals surface area contributed by atoms with Crippen LogP contribution in [-0.2, 0) is 11.2 Å². The molecular formula is C10H14N2O2S. The first-order chi connectivity index (χ1) is 6.97. The normalized spacial score (nSPS) is 22.4. The van der Waals surface area contributed by atoms with Crippen molar-refractivity contribution in [3.05, 3.63) is 11.1 Å². The Morgan fingerprint density at radius 2 is 2.47 bits per heavy atom. The second kappa shape index (κ2) is 3.48. The monoisotopic (exact) mass is 226 g/mol. The van der Waals surface area contributed by atoms with Crippen molar-refractivity contribution in [2.75, 3.05) is 5.32 Å². The number of anilines is 1. The lowest BCUT2D eigenvalue weighted by Gasteiger charge is -2.03. The van der Waals surface area contributed by atoms with Gasteiger partial charge in [-0.05, 0) is 11.8 Å². The molecule has 2 rings (SSSR count). The summed E-state index contributed by atoms with van der Waals surface area (Å²) in [6.07, 6.45) is 1.16. The summed E-state index contributed by atoms with van der Waals surface area (Å²) in [5.74, 6) is -0.835.